The number of ether oxygens (including phenoxy) is 4. The van der Waals surface area contributed by atoms with Gasteiger partial charge in [-0.05, 0) is 37.0 Å². The van der Waals surface area contributed by atoms with Crippen LogP contribution in [0, 0.1) is 5.92 Å². The van der Waals surface area contributed by atoms with E-state index in [1.807, 2.05) is 0 Å². The summed E-state index contributed by atoms with van der Waals surface area (Å²) < 4.78 is 19.4. The average molecular weight is 454 g/mol. The summed E-state index contributed by atoms with van der Waals surface area (Å²) in [5.74, 6) is 0.172. The summed E-state index contributed by atoms with van der Waals surface area (Å²) in [5.41, 5.74) is 0.777. The van der Waals surface area contributed by atoms with E-state index < -0.39 is 25.0 Å². The van der Waals surface area contributed by atoms with Crippen LogP contribution in [0.4, 0.5) is 4.79 Å². The Morgan fingerprint density at radius 1 is 1.00 bits per heavy atom. The lowest BCUT2D eigenvalue weighted by Gasteiger charge is -2.12. The van der Waals surface area contributed by atoms with Gasteiger partial charge in [0.2, 0.25) is 12.7 Å². The number of unbranched alkanes of at least 4 members (excludes halogenated alkanes) is 3. The largest absolute Gasteiger partial charge is 0.516 e. The molecule has 1 aromatic rings. The van der Waals surface area contributed by atoms with E-state index in [0.29, 0.717) is 13.0 Å². The van der Waals surface area contributed by atoms with Crippen LogP contribution in [0.5, 0.6) is 11.5 Å². The van der Waals surface area contributed by atoms with Crippen LogP contribution in [-0.4, -0.2) is 43.1 Å². The number of hydrogen-bond donors (Lipinski definition) is 2. The minimum absolute atomic E-state index is 0.0107. The van der Waals surface area contributed by atoms with Crippen LogP contribution in [0.25, 0.3) is 0 Å². The van der Waals surface area contributed by atoms with E-state index in [9.17, 15) is 14.4 Å². The first-order valence-electron chi connectivity index (χ1n) is 10.9. The third-order valence-corrected chi connectivity index (χ3v) is 4.57. The van der Waals surface area contributed by atoms with E-state index in [2.05, 4.69) is 28.6 Å². The Morgan fingerprint density at radius 2 is 1.72 bits per heavy atom. The summed E-state index contributed by atoms with van der Waals surface area (Å²) in [4.78, 5) is 34.9. The normalized spacial score (nSPS) is 11.6. The number of carbonyl (C=O) groups is 3. The maximum absolute atomic E-state index is 12.0. The standard InChI is InChI=1S/C23H35NO8/c1-16(2)9-7-5-6-8-10-21(26)24-14-18-11-12-19(20(13-18)29-4)32-23(28)31-15-30-22(27)17(3)25/h11-13,16-17,25H,5-10,14-15H2,1-4H3,(H,24,26). The highest BCUT2D eigenvalue weighted by Gasteiger charge is 2.15. The molecule has 1 unspecified atom stereocenters. The van der Waals surface area contributed by atoms with Crippen molar-refractivity contribution in [3.8, 4) is 11.5 Å². The Labute approximate surface area is 189 Å². The zero-order valence-corrected chi connectivity index (χ0v) is 19.3. The maximum Gasteiger partial charge on any atom is 0.516 e. The molecule has 1 rings (SSSR count). The first-order chi connectivity index (χ1) is 15.2. The molecule has 0 aliphatic heterocycles. The third kappa shape index (κ3) is 11.5. The molecule has 32 heavy (non-hydrogen) atoms. The molecular weight excluding hydrogens is 418 g/mol. The lowest BCUT2D eigenvalue weighted by Crippen LogP contribution is -2.23. The molecule has 0 spiro atoms. The molecule has 0 aliphatic carbocycles. The van der Waals surface area contributed by atoms with Gasteiger partial charge in [-0.2, -0.15) is 0 Å². The Balaban J connectivity index is 2.39. The number of benzene rings is 1. The van der Waals surface area contributed by atoms with Crippen molar-refractivity contribution in [1.82, 2.24) is 5.32 Å². The van der Waals surface area contributed by atoms with Crippen LogP contribution in [-0.2, 0) is 25.6 Å². The second kappa shape index (κ2) is 15.1. The van der Waals surface area contributed by atoms with Crippen molar-refractivity contribution >= 4 is 18.0 Å². The van der Waals surface area contributed by atoms with Crippen LogP contribution >= 0.6 is 0 Å². The van der Waals surface area contributed by atoms with Crippen molar-refractivity contribution in [2.24, 2.45) is 5.92 Å². The van der Waals surface area contributed by atoms with Crippen LogP contribution in [0.2, 0.25) is 0 Å². The molecule has 180 valence electrons. The first kappa shape index (κ1) is 27.2. The van der Waals surface area contributed by atoms with Crippen LogP contribution in [0.15, 0.2) is 18.2 Å². The second-order valence-electron chi connectivity index (χ2n) is 7.86. The molecule has 0 heterocycles. The number of methoxy groups -OCH3 is 1. The molecule has 1 aromatic carbocycles. The number of nitrogens with one attached hydrogen (secondary N) is 1. The summed E-state index contributed by atoms with van der Waals surface area (Å²) in [7, 11) is 1.42. The number of rotatable bonds is 14. The summed E-state index contributed by atoms with van der Waals surface area (Å²) >= 11 is 0. The highest BCUT2D eigenvalue weighted by Crippen LogP contribution is 2.28. The number of carbonyl (C=O) groups excluding carboxylic acids is 3. The topological polar surface area (TPSA) is 120 Å². The van der Waals surface area contributed by atoms with Gasteiger partial charge in [0.05, 0.1) is 7.11 Å². The van der Waals surface area contributed by atoms with Gasteiger partial charge >= 0.3 is 12.1 Å². The molecule has 0 aromatic heterocycles. The number of aliphatic hydroxyl groups excluding tert-OH is 1. The van der Waals surface area contributed by atoms with E-state index in [-0.39, 0.29) is 17.4 Å². The summed E-state index contributed by atoms with van der Waals surface area (Å²) in [6.45, 7) is 5.29. The predicted octanol–water partition coefficient (Wildman–Crippen LogP) is 3.70. The molecule has 0 saturated heterocycles. The molecule has 0 radical (unpaired) electrons. The van der Waals surface area contributed by atoms with Gasteiger partial charge in [0.25, 0.3) is 0 Å². The van der Waals surface area contributed by atoms with E-state index in [1.165, 1.54) is 32.9 Å². The SMILES string of the molecule is COc1cc(CNC(=O)CCCCCCC(C)C)ccc1OC(=O)OCOC(=O)C(C)O. The van der Waals surface area contributed by atoms with Crippen LogP contribution in [0.3, 0.4) is 0 Å². The predicted molar refractivity (Wildman–Crippen MR) is 117 cm³/mol. The summed E-state index contributed by atoms with van der Waals surface area (Å²) in [6, 6.07) is 4.84. The Bertz CT molecular complexity index is 733. The molecular formula is C23H35NO8. The van der Waals surface area contributed by atoms with E-state index in [0.717, 1.165) is 30.7 Å². The average Bonchev–Trinajstić information content (AvgIpc) is 2.74. The molecule has 0 saturated carbocycles. The van der Waals surface area contributed by atoms with Gasteiger partial charge in [-0.1, -0.05) is 45.6 Å². The Hall–Kier alpha value is -2.81. The number of amides is 1. The number of aliphatic hydroxyl groups is 1. The van der Waals surface area contributed by atoms with E-state index in [1.54, 1.807) is 12.1 Å². The van der Waals surface area contributed by atoms with Gasteiger partial charge in [0, 0.05) is 13.0 Å². The van der Waals surface area contributed by atoms with Gasteiger partial charge in [0.1, 0.15) is 6.10 Å². The molecule has 0 bridgehead atoms. The van der Waals surface area contributed by atoms with Crippen molar-refractivity contribution in [1.29, 1.82) is 0 Å². The van der Waals surface area contributed by atoms with Crippen molar-refractivity contribution < 1.29 is 38.4 Å². The van der Waals surface area contributed by atoms with Gasteiger partial charge < -0.3 is 29.4 Å². The number of esters is 1. The van der Waals surface area contributed by atoms with Crippen molar-refractivity contribution in [3.63, 3.8) is 0 Å². The Morgan fingerprint density at radius 3 is 2.38 bits per heavy atom. The number of hydrogen-bond acceptors (Lipinski definition) is 8. The fourth-order valence-electron chi connectivity index (χ4n) is 2.76. The fraction of sp³-hybridized carbons (Fsp3) is 0.609. The van der Waals surface area contributed by atoms with Gasteiger partial charge in [-0.3, -0.25) is 4.79 Å². The Kier molecular flexibility index (Phi) is 12.8. The highest BCUT2D eigenvalue weighted by molar-refractivity contribution is 5.76. The maximum atomic E-state index is 12.0. The van der Waals surface area contributed by atoms with Crippen molar-refractivity contribution in [2.45, 2.75) is 71.9 Å². The molecule has 0 fully saturated rings. The lowest BCUT2D eigenvalue weighted by molar-refractivity contribution is -0.161. The minimum Gasteiger partial charge on any atom is -0.493 e. The van der Waals surface area contributed by atoms with Gasteiger partial charge in [-0.25, -0.2) is 9.59 Å². The van der Waals surface area contributed by atoms with E-state index >= 15 is 0 Å². The first-order valence-corrected chi connectivity index (χ1v) is 10.9. The van der Waals surface area contributed by atoms with Gasteiger partial charge in [0.15, 0.2) is 11.5 Å². The molecule has 1 amide bonds. The van der Waals surface area contributed by atoms with Gasteiger partial charge in [-0.15, -0.1) is 0 Å². The summed E-state index contributed by atoms with van der Waals surface area (Å²) in [5, 5.41) is 11.9. The fourth-order valence-corrected chi connectivity index (χ4v) is 2.76. The van der Waals surface area contributed by atoms with Crippen LogP contribution in [0.1, 0.15) is 64.9 Å². The zero-order chi connectivity index (χ0) is 23.9. The molecule has 9 heteroatoms. The monoisotopic (exact) mass is 453 g/mol. The molecule has 9 nitrogen and oxygen atoms in total. The molecule has 2 N–H and O–H groups in total. The van der Waals surface area contributed by atoms with Crippen LogP contribution < -0.4 is 14.8 Å². The summed E-state index contributed by atoms with van der Waals surface area (Å²) in [6.07, 6.45) is 3.56. The molecule has 1 atom stereocenters. The van der Waals surface area contributed by atoms with Crippen molar-refractivity contribution in [3.05, 3.63) is 23.8 Å². The lowest BCUT2D eigenvalue weighted by atomic mass is 10.0. The van der Waals surface area contributed by atoms with E-state index in [4.69, 9.17) is 14.6 Å². The zero-order valence-electron chi connectivity index (χ0n) is 19.3. The highest BCUT2D eigenvalue weighted by atomic mass is 16.8. The second-order valence-corrected chi connectivity index (χ2v) is 7.86. The molecule has 0 aliphatic rings. The third-order valence-electron chi connectivity index (χ3n) is 4.57. The quantitative estimate of drug-likeness (QED) is 0.189. The van der Waals surface area contributed by atoms with Crippen molar-refractivity contribution in [2.75, 3.05) is 13.9 Å². The smallest absolute Gasteiger partial charge is 0.493 e. The minimum atomic E-state index is -1.32.